The van der Waals surface area contributed by atoms with Gasteiger partial charge in [0, 0.05) is 22.0 Å². The van der Waals surface area contributed by atoms with Crippen molar-refractivity contribution in [3.8, 4) is 10.4 Å². The van der Waals surface area contributed by atoms with E-state index in [1.807, 2.05) is 20.0 Å². The number of aliphatic hydroxyl groups is 1. The van der Waals surface area contributed by atoms with Gasteiger partial charge in [0.2, 0.25) is 0 Å². The Balaban J connectivity index is 2.01. The summed E-state index contributed by atoms with van der Waals surface area (Å²) >= 11 is 1.48. The molecule has 0 amide bonds. The number of rotatable bonds is 2. The number of pyridine rings is 1. The summed E-state index contributed by atoms with van der Waals surface area (Å²) in [5, 5.41) is 18.9. The van der Waals surface area contributed by atoms with Crippen molar-refractivity contribution in [2.45, 2.75) is 38.7 Å². The molecule has 0 spiro atoms. The van der Waals surface area contributed by atoms with Gasteiger partial charge in [-0.25, -0.2) is 0 Å². The van der Waals surface area contributed by atoms with Crippen LogP contribution in [0.5, 0.6) is 0 Å². The quantitative estimate of drug-likeness (QED) is 0.675. The molecule has 1 unspecified atom stereocenters. The van der Waals surface area contributed by atoms with Crippen LogP contribution in [0.3, 0.4) is 0 Å². The highest BCUT2D eigenvalue weighted by Gasteiger charge is 2.39. The van der Waals surface area contributed by atoms with Gasteiger partial charge in [-0.1, -0.05) is 13.8 Å². The van der Waals surface area contributed by atoms with E-state index in [0.717, 1.165) is 38.9 Å². The maximum atomic E-state index is 12.6. The third-order valence-electron chi connectivity index (χ3n) is 4.96. The molecule has 3 heterocycles. The van der Waals surface area contributed by atoms with Crippen molar-refractivity contribution >= 4 is 21.4 Å². The van der Waals surface area contributed by atoms with Crippen LogP contribution in [0.15, 0.2) is 23.3 Å². The van der Waals surface area contributed by atoms with Crippen LogP contribution >= 0.6 is 11.3 Å². The molecule has 6 heteroatoms. The number of hydrogen-bond acceptors (Lipinski definition) is 4. The molecule has 0 aliphatic heterocycles. The first-order chi connectivity index (χ1) is 11.0. The lowest BCUT2D eigenvalue weighted by Gasteiger charge is -2.37. The first-order valence-corrected chi connectivity index (χ1v) is 8.73. The minimum atomic E-state index is -0.946. The number of thiophene rings is 1. The van der Waals surface area contributed by atoms with Gasteiger partial charge in [-0.2, -0.15) is 5.10 Å². The van der Waals surface area contributed by atoms with Crippen LogP contribution in [0.25, 0.3) is 20.5 Å². The van der Waals surface area contributed by atoms with Gasteiger partial charge in [0.05, 0.1) is 11.9 Å². The molecule has 0 saturated carbocycles. The van der Waals surface area contributed by atoms with Crippen molar-refractivity contribution in [3.63, 3.8) is 0 Å². The summed E-state index contributed by atoms with van der Waals surface area (Å²) in [4.78, 5) is 16.6. The monoisotopic (exact) mass is 329 g/mol. The maximum Gasteiger partial charge on any atom is 0.266 e. The zero-order chi connectivity index (χ0) is 16.2. The number of fused-ring (bicyclic) bond motifs is 3. The first-order valence-electron chi connectivity index (χ1n) is 7.91. The predicted octanol–water partition coefficient (Wildman–Crippen LogP) is 3.16. The Hall–Kier alpha value is -1.92. The summed E-state index contributed by atoms with van der Waals surface area (Å²) < 4.78 is 0.730. The van der Waals surface area contributed by atoms with E-state index < -0.39 is 5.60 Å². The number of aromatic amines is 2. The molecule has 1 aliphatic carbocycles. The zero-order valence-corrected chi connectivity index (χ0v) is 14.0. The largest absolute Gasteiger partial charge is 0.383 e. The van der Waals surface area contributed by atoms with Crippen molar-refractivity contribution < 1.29 is 5.11 Å². The third kappa shape index (κ3) is 2.09. The number of nitrogens with zero attached hydrogens (tertiary/aromatic N) is 1. The average Bonchev–Trinajstić information content (AvgIpc) is 3.17. The van der Waals surface area contributed by atoms with Crippen molar-refractivity contribution in [2.24, 2.45) is 5.92 Å². The van der Waals surface area contributed by atoms with Crippen LogP contribution in [0.1, 0.15) is 37.9 Å². The fourth-order valence-electron chi connectivity index (χ4n) is 3.56. The van der Waals surface area contributed by atoms with Crippen molar-refractivity contribution in [1.82, 2.24) is 15.2 Å². The van der Waals surface area contributed by atoms with Gasteiger partial charge in [0.15, 0.2) is 0 Å². The Labute approximate surface area is 137 Å². The highest BCUT2D eigenvalue weighted by Crippen LogP contribution is 2.43. The molecule has 120 valence electrons. The molecule has 0 saturated heterocycles. The van der Waals surface area contributed by atoms with E-state index in [1.54, 1.807) is 6.20 Å². The Morgan fingerprint density at radius 3 is 2.96 bits per heavy atom. The molecule has 0 radical (unpaired) electrons. The Kier molecular flexibility index (Phi) is 3.21. The van der Waals surface area contributed by atoms with Gasteiger partial charge in [-0.3, -0.25) is 9.89 Å². The highest BCUT2D eigenvalue weighted by molar-refractivity contribution is 7.22. The van der Waals surface area contributed by atoms with E-state index >= 15 is 0 Å². The third-order valence-corrected chi connectivity index (χ3v) is 6.14. The fourth-order valence-corrected chi connectivity index (χ4v) is 4.62. The highest BCUT2D eigenvalue weighted by atomic mass is 32.1. The molecule has 1 atom stereocenters. The van der Waals surface area contributed by atoms with Crippen molar-refractivity contribution in [2.75, 3.05) is 0 Å². The molecular formula is C17H19N3O2S. The van der Waals surface area contributed by atoms with Crippen molar-refractivity contribution in [1.29, 1.82) is 0 Å². The number of aromatic nitrogens is 3. The molecule has 4 rings (SSSR count). The number of aryl methyl sites for hydroxylation is 1. The average molecular weight is 329 g/mol. The minimum absolute atomic E-state index is 0.0571. The summed E-state index contributed by atoms with van der Waals surface area (Å²) in [6.45, 7) is 4.00. The summed E-state index contributed by atoms with van der Waals surface area (Å²) in [5.41, 5.74) is 1.73. The summed E-state index contributed by atoms with van der Waals surface area (Å²) in [6.07, 6.45) is 6.10. The maximum absolute atomic E-state index is 12.6. The van der Waals surface area contributed by atoms with Gasteiger partial charge in [0.1, 0.15) is 10.3 Å². The molecule has 5 nitrogen and oxygen atoms in total. The summed E-state index contributed by atoms with van der Waals surface area (Å²) in [6, 6.07) is 2.06. The molecule has 23 heavy (non-hydrogen) atoms. The van der Waals surface area contributed by atoms with E-state index in [2.05, 4.69) is 21.2 Å². The van der Waals surface area contributed by atoms with Gasteiger partial charge in [0.25, 0.3) is 5.56 Å². The lowest BCUT2D eigenvalue weighted by molar-refractivity contribution is -0.0301. The molecule has 0 aromatic carbocycles. The molecule has 3 N–H and O–H groups in total. The zero-order valence-electron chi connectivity index (χ0n) is 13.1. The number of nitrogens with one attached hydrogen (secondary N) is 2. The molecular weight excluding hydrogens is 310 g/mol. The molecule has 0 bridgehead atoms. The smallest absolute Gasteiger partial charge is 0.266 e. The van der Waals surface area contributed by atoms with E-state index in [9.17, 15) is 9.90 Å². The normalized spacial score (nSPS) is 21.0. The predicted molar refractivity (Wildman–Crippen MR) is 91.7 cm³/mol. The second-order valence-corrected chi connectivity index (χ2v) is 7.63. The number of hydrogen-bond donors (Lipinski definition) is 3. The van der Waals surface area contributed by atoms with E-state index in [1.165, 1.54) is 11.3 Å². The topological polar surface area (TPSA) is 81.8 Å². The van der Waals surface area contributed by atoms with Crippen LogP contribution in [-0.2, 0) is 12.0 Å². The van der Waals surface area contributed by atoms with Gasteiger partial charge in [-0.05, 0) is 36.8 Å². The second-order valence-electron chi connectivity index (χ2n) is 6.58. The van der Waals surface area contributed by atoms with Crippen LogP contribution in [0.2, 0.25) is 0 Å². The van der Waals surface area contributed by atoms with Crippen LogP contribution in [0.4, 0.5) is 0 Å². The van der Waals surface area contributed by atoms with Gasteiger partial charge >= 0.3 is 0 Å². The summed E-state index contributed by atoms with van der Waals surface area (Å²) in [7, 11) is 0. The SMILES string of the molecule is CC(C)C1(O)CCCc2c1[nH]c(=O)c1sc(-c3cn[nH]c3)cc21. The second kappa shape index (κ2) is 5.04. The Morgan fingerprint density at radius 2 is 2.26 bits per heavy atom. The fraction of sp³-hybridized carbons (Fsp3) is 0.412. The first kappa shape index (κ1) is 14.7. The van der Waals surface area contributed by atoms with E-state index in [4.69, 9.17) is 0 Å². The van der Waals surface area contributed by atoms with Crippen LogP contribution in [0, 0.1) is 5.92 Å². The lowest BCUT2D eigenvalue weighted by atomic mass is 9.75. The van der Waals surface area contributed by atoms with Gasteiger partial charge in [-0.15, -0.1) is 11.3 Å². The summed E-state index contributed by atoms with van der Waals surface area (Å²) in [5.74, 6) is 0.0571. The van der Waals surface area contributed by atoms with Crippen molar-refractivity contribution in [3.05, 3.63) is 40.1 Å². The number of H-pyrrole nitrogens is 2. The van der Waals surface area contributed by atoms with Crippen LogP contribution < -0.4 is 5.56 Å². The molecule has 1 aliphatic rings. The molecule has 3 aromatic heterocycles. The molecule has 0 fully saturated rings. The van der Waals surface area contributed by atoms with E-state index in [0.29, 0.717) is 12.1 Å². The lowest BCUT2D eigenvalue weighted by Crippen LogP contribution is -2.38. The Bertz CT molecular complexity index is 923. The molecule has 3 aromatic rings. The van der Waals surface area contributed by atoms with E-state index in [-0.39, 0.29) is 11.5 Å². The standard InChI is InChI=1S/C17H19N3O2S/c1-9(2)17(22)5-3-4-11-12-6-13(10-7-18-19-8-10)23-14(12)16(21)20-15(11)17/h6-9,22H,3-5H2,1-2H3,(H,18,19)(H,20,21). The minimum Gasteiger partial charge on any atom is -0.383 e. The van der Waals surface area contributed by atoms with Gasteiger partial charge < -0.3 is 10.1 Å². The Morgan fingerprint density at radius 1 is 1.43 bits per heavy atom. The van der Waals surface area contributed by atoms with Crippen LogP contribution in [-0.4, -0.2) is 20.3 Å².